The number of anilines is 1. The predicted molar refractivity (Wildman–Crippen MR) is 113 cm³/mol. The minimum atomic E-state index is -0.280. The van der Waals surface area contributed by atoms with Crippen molar-refractivity contribution in [3.05, 3.63) is 64.7 Å². The van der Waals surface area contributed by atoms with Crippen LogP contribution in [0.3, 0.4) is 0 Å². The van der Waals surface area contributed by atoms with Crippen molar-refractivity contribution in [2.45, 2.75) is 23.1 Å². The molecule has 3 aromatic heterocycles. The van der Waals surface area contributed by atoms with Crippen molar-refractivity contribution in [1.29, 1.82) is 0 Å². The Bertz CT molecular complexity index is 1330. The maximum atomic E-state index is 12.7. The van der Waals surface area contributed by atoms with Crippen LogP contribution in [-0.4, -0.2) is 39.0 Å². The Hall–Kier alpha value is -3.30. The summed E-state index contributed by atoms with van der Waals surface area (Å²) in [6.45, 7) is 2.98. The molecule has 1 aromatic carbocycles. The summed E-state index contributed by atoms with van der Waals surface area (Å²) in [7, 11) is 0. The number of aromatic nitrogens is 4. The first-order valence-corrected chi connectivity index (χ1v) is 10.5. The lowest BCUT2D eigenvalue weighted by Gasteiger charge is -2.30. The summed E-state index contributed by atoms with van der Waals surface area (Å²) in [6.07, 6.45) is 1.82. The molecule has 0 saturated heterocycles. The molecule has 0 bridgehead atoms. The van der Waals surface area contributed by atoms with Crippen molar-refractivity contribution >= 4 is 34.4 Å². The average molecular weight is 418 g/mol. The lowest BCUT2D eigenvalue weighted by Crippen LogP contribution is -2.39. The summed E-state index contributed by atoms with van der Waals surface area (Å²) in [5.74, 6) is 1.24. The average Bonchev–Trinajstić information content (AvgIpc) is 3.45. The number of hydrogen-bond donors (Lipinski definition) is 4. The first-order chi connectivity index (χ1) is 14.7. The van der Waals surface area contributed by atoms with Crippen molar-refractivity contribution < 1.29 is 9.21 Å². The Morgan fingerprint density at radius 3 is 3.07 bits per heavy atom. The Morgan fingerprint density at radius 2 is 2.13 bits per heavy atom. The number of ketones is 1. The third kappa shape index (κ3) is 2.78. The van der Waals surface area contributed by atoms with Crippen molar-refractivity contribution in [3.63, 3.8) is 0 Å². The number of benzene rings is 1. The number of rotatable bonds is 3. The zero-order valence-corrected chi connectivity index (χ0v) is 16.9. The van der Waals surface area contributed by atoms with Crippen LogP contribution in [0.5, 0.6) is 0 Å². The van der Waals surface area contributed by atoms with Gasteiger partial charge in [0.15, 0.2) is 21.8 Å². The van der Waals surface area contributed by atoms with Gasteiger partial charge in [0.2, 0.25) is 0 Å². The van der Waals surface area contributed by atoms with Crippen molar-refractivity contribution in [3.8, 4) is 0 Å². The largest absolute Gasteiger partial charge is 0.453 e. The molecule has 0 radical (unpaired) electrons. The quantitative estimate of drug-likeness (QED) is 0.404. The Kier molecular flexibility index (Phi) is 3.87. The number of imidazole rings is 1. The van der Waals surface area contributed by atoms with Crippen LogP contribution in [0.25, 0.3) is 11.0 Å². The second kappa shape index (κ2) is 6.61. The first-order valence-electron chi connectivity index (χ1n) is 9.67. The molecule has 1 atom stereocenters. The second-order valence-corrected chi connectivity index (χ2v) is 8.48. The number of aryl methyl sites for hydroxylation is 1. The molecule has 0 amide bonds. The topological polar surface area (TPSA) is 112 Å². The van der Waals surface area contributed by atoms with Crippen molar-refractivity contribution in [2.75, 3.05) is 18.4 Å². The highest BCUT2D eigenvalue weighted by Crippen LogP contribution is 2.43. The minimum Gasteiger partial charge on any atom is -0.453 e. The normalized spacial score (nSPS) is 18.4. The van der Waals surface area contributed by atoms with E-state index in [-0.39, 0.29) is 11.7 Å². The smallest absolute Gasteiger partial charge is 0.175 e. The number of nitrogens with one attached hydrogen (secondary N) is 4. The van der Waals surface area contributed by atoms with E-state index in [0.29, 0.717) is 18.2 Å². The number of hydrogen-bond acceptors (Lipinski definition) is 7. The number of carbonyl (C=O) groups is 1. The van der Waals surface area contributed by atoms with Gasteiger partial charge in [0.05, 0.1) is 23.5 Å². The molecule has 8 nitrogen and oxygen atoms in total. The zero-order chi connectivity index (χ0) is 20.2. The van der Waals surface area contributed by atoms with Gasteiger partial charge >= 0.3 is 0 Å². The van der Waals surface area contributed by atoms with E-state index in [4.69, 9.17) is 4.42 Å². The highest BCUT2D eigenvalue weighted by molar-refractivity contribution is 7.99. The molecule has 9 heteroatoms. The molecule has 6 rings (SSSR count). The van der Waals surface area contributed by atoms with E-state index in [9.17, 15) is 4.79 Å². The Balaban J connectivity index is 1.36. The molecule has 0 saturated carbocycles. The van der Waals surface area contributed by atoms with Crippen LogP contribution in [0, 0.1) is 6.92 Å². The standard InChI is InChI=1S/C21H18N6O2S/c1-10-2-3-12-13(6-10)26-21(25-12)30-17-5-4-16(29-17)18-11-7-23-27-20(11)24-14-8-22-9-15(28)19(14)18/h2-7,18,22H,8-9H2,1H3,(H,25,26)(H2,23,24,27). The summed E-state index contributed by atoms with van der Waals surface area (Å²) in [4.78, 5) is 20.7. The molecule has 4 N–H and O–H groups in total. The van der Waals surface area contributed by atoms with E-state index < -0.39 is 0 Å². The molecule has 0 aliphatic carbocycles. The molecule has 5 heterocycles. The molecular weight excluding hydrogens is 400 g/mol. The summed E-state index contributed by atoms with van der Waals surface area (Å²) in [6, 6.07) is 9.99. The fourth-order valence-corrected chi connectivity index (χ4v) is 4.87. The molecule has 2 aliphatic heterocycles. The van der Waals surface area contributed by atoms with Gasteiger partial charge in [-0.3, -0.25) is 9.89 Å². The van der Waals surface area contributed by atoms with Crippen LogP contribution in [0.2, 0.25) is 0 Å². The van der Waals surface area contributed by atoms with Gasteiger partial charge in [0, 0.05) is 29.6 Å². The van der Waals surface area contributed by atoms with Crippen LogP contribution >= 0.6 is 11.8 Å². The number of furan rings is 1. The number of Topliss-reactive ketones (excluding diaryl/α,β-unsaturated/α-hetero) is 1. The Labute approximate surface area is 175 Å². The fourth-order valence-electron chi connectivity index (χ4n) is 4.10. The lowest BCUT2D eigenvalue weighted by molar-refractivity contribution is -0.115. The van der Waals surface area contributed by atoms with E-state index in [1.807, 2.05) is 31.3 Å². The highest BCUT2D eigenvalue weighted by Gasteiger charge is 2.38. The lowest BCUT2D eigenvalue weighted by atomic mass is 9.82. The van der Waals surface area contributed by atoms with Gasteiger partial charge in [-0.2, -0.15) is 5.10 Å². The van der Waals surface area contributed by atoms with E-state index in [2.05, 4.69) is 42.9 Å². The fraction of sp³-hybridized carbons (Fsp3) is 0.190. The van der Waals surface area contributed by atoms with Gasteiger partial charge in [-0.1, -0.05) is 6.07 Å². The first kappa shape index (κ1) is 17.5. The number of nitrogens with zero attached hydrogens (tertiary/aromatic N) is 2. The SMILES string of the molecule is Cc1ccc2[nH]c(Sc3ccc(C4C5=C(CNCC5=O)Nc5n[nH]cc54)o3)nc2c1. The maximum absolute atomic E-state index is 12.7. The Morgan fingerprint density at radius 1 is 1.20 bits per heavy atom. The minimum absolute atomic E-state index is 0.0684. The van der Waals surface area contributed by atoms with Gasteiger partial charge in [-0.25, -0.2) is 4.98 Å². The number of H-pyrrole nitrogens is 2. The number of fused-ring (bicyclic) bond motifs is 2. The van der Waals surface area contributed by atoms with Crippen LogP contribution in [0.1, 0.15) is 22.8 Å². The summed E-state index contributed by atoms with van der Waals surface area (Å²) in [5, 5.41) is 15.1. The number of aromatic amines is 2. The molecule has 0 spiro atoms. The van der Waals surface area contributed by atoms with Crippen LogP contribution < -0.4 is 10.6 Å². The monoisotopic (exact) mass is 418 g/mol. The summed E-state index contributed by atoms with van der Waals surface area (Å²) >= 11 is 1.43. The highest BCUT2D eigenvalue weighted by atomic mass is 32.2. The van der Waals surface area contributed by atoms with Gasteiger partial charge in [0.25, 0.3) is 0 Å². The molecule has 30 heavy (non-hydrogen) atoms. The predicted octanol–water partition coefficient (Wildman–Crippen LogP) is 3.32. The van der Waals surface area contributed by atoms with E-state index >= 15 is 0 Å². The van der Waals surface area contributed by atoms with Gasteiger partial charge in [-0.05, 0) is 48.5 Å². The second-order valence-electron chi connectivity index (χ2n) is 7.49. The zero-order valence-electron chi connectivity index (χ0n) is 16.1. The van der Waals surface area contributed by atoms with E-state index in [1.165, 1.54) is 17.3 Å². The summed E-state index contributed by atoms with van der Waals surface area (Å²) in [5.41, 5.74) is 5.60. The molecule has 0 fully saturated rings. The maximum Gasteiger partial charge on any atom is 0.175 e. The number of carbonyl (C=O) groups excluding carboxylic acids is 1. The molecule has 1 unspecified atom stereocenters. The third-order valence-electron chi connectivity index (χ3n) is 5.45. The molecule has 4 aromatic rings. The molecule has 150 valence electrons. The third-order valence-corrected chi connectivity index (χ3v) is 6.26. The van der Waals surface area contributed by atoms with Crippen molar-refractivity contribution in [1.82, 2.24) is 25.5 Å². The van der Waals surface area contributed by atoms with Gasteiger partial charge < -0.3 is 20.0 Å². The molecular formula is C21H18N6O2S. The van der Waals surface area contributed by atoms with E-state index in [1.54, 1.807) is 0 Å². The van der Waals surface area contributed by atoms with E-state index in [0.717, 1.165) is 44.6 Å². The van der Waals surface area contributed by atoms with Gasteiger partial charge in [0.1, 0.15) is 5.76 Å². The van der Waals surface area contributed by atoms with Gasteiger partial charge in [-0.15, -0.1) is 0 Å². The van der Waals surface area contributed by atoms with Crippen molar-refractivity contribution in [2.24, 2.45) is 0 Å². The molecule has 2 aliphatic rings. The van der Waals surface area contributed by atoms with Crippen LogP contribution in [0.4, 0.5) is 5.82 Å². The summed E-state index contributed by atoms with van der Waals surface area (Å²) < 4.78 is 6.20. The van der Waals surface area contributed by atoms with Crippen LogP contribution in [0.15, 0.2) is 62.5 Å². The van der Waals surface area contributed by atoms with Crippen LogP contribution in [-0.2, 0) is 4.79 Å².